The second-order valence-corrected chi connectivity index (χ2v) is 5.97. The number of carbonyl (C=O) groups is 2. The molecule has 0 aliphatic heterocycles. The first-order valence-electron chi connectivity index (χ1n) is 8.59. The van der Waals surface area contributed by atoms with Gasteiger partial charge in [-0.15, -0.1) is 0 Å². The molecule has 0 amide bonds. The molecular weight excluding hydrogens is 349 g/mol. The molecule has 2 aromatic carbocycles. The number of ether oxygens (including phenoxy) is 1. The van der Waals surface area contributed by atoms with Gasteiger partial charge in [0.05, 0.1) is 12.1 Å². The minimum atomic E-state index is -0.722. The highest BCUT2D eigenvalue weighted by Crippen LogP contribution is 2.27. The smallest absolute Gasteiger partial charge is 0.343 e. The van der Waals surface area contributed by atoms with Crippen LogP contribution in [0, 0.1) is 5.82 Å². The van der Waals surface area contributed by atoms with Crippen molar-refractivity contribution >= 4 is 23.2 Å². The highest BCUT2D eigenvalue weighted by molar-refractivity contribution is 5.95. The van der Waals surface area contributed by atoms with Crippen LogP contribution in [0.25, 0.3) is 22.0 Å². The Bertz CT molecular complexity index is 1080. The average Bonchev–Trinajstić information content (AvgIpc) is 2.68. The van der Waals surface area contributed by atoms with Gasteiger partial charge in [-0.05, 0) is 31.5 Å². The van der Waals surface area contributed by atoms with E-state index in [-0.39, 0.29) is 17.6 Å². The normalized spacial score (nSPS) is 10.8. The van der Waals surface area contributed by atoms with Crippen molar-refractivity contribution < 1.29 is 18.7 Å². The van der Waals surface area contributed by atoms with Crippen LogP contribution in [0.15, 0.2) is 47.4 Å². The number of carbonyl (C=O) groups excluding carboxylic acids is 2. The summed E-state index contributed by atoms with van der Waals surface area (Å²) < 4.78 is 21.4. The van der Waals surface area contributed by atoms with Crippen LogP contribution in [0.2, 0.25) is 0 Å². The summed E-state index contributed by atoms with van der Waals surface area (Å²) in [5.74, 6) is -1.30. The van der Waals surface area contributed by atoms with E-state index in [4.69, 9.17) is 4.74 Å². The van der Waals surface area contributed by atoms with Gasteiger partial charge in [0.15, 0.2) is 0 Å². The Labute approximate surface area is 155 Å². The van der Waals surface area contributed by atoms with Gasteiger partial charge in [0, 0.05) is 29.3 Å². The molecule has 0 bridgehead atoms. The number of hydrogen-bond donors (Lipinski definition) is 0. The summed E-state index contributed by atoms with van der Waals surface area (Å²) in [7, 11) is 0. The lowest BCUT2D eigenvalue weighted by atomic mass is 10.0. The predicted octanol–water partition coefficient (Wildman–Crippen LogP) is 3.82. The van der Waals surface area contributed by atoms with Crippen molar-refractivity contribution in [3.05, 3.63) is 69.8 Å². The number of rotatable bonds is 5. The highest BCUT2D eigenvalue weighted by Gasteiger charge is 2.18. The van der Waals surface area contributed by atoms with E-state index in [1.165, 1.54) is 6.20 Å². The van der Waals surface area contributed by atoms with Crippen LogP contribution < -0.4 is 5.43 Å². The summed E-state index contributed by atoms with van der Waals surface area (Å²) in [5.41, 5.74) is 1.23. The van der Waals surface area contributed by atoms with E-state index < -0.39 is 17.2 Å². The quantitative estimate of drug-likeness (QED) is 0.508. The Kier molecular flexibility index (Phi) is 5.16. The number of aldehydes is 1. The van der Waals surface area contributed by atoms with Gasteiger partial charge in [-0.1, -0.05) is 24.3 Å². The van der Waals surface area contributed by atoms with E-state index in [1.54, 1.807) is 41.8 Å². The third-order valence-corrected chi connectivity index (χ3v) is 4.36. The molecule has 0 unspecified atom stereocenters. The third-order valence-electron chi connectivity index (χ3n) is 4.36. The monoisotopic (exact) mass is 367 g/mol. The van der Waals surface area contributed by atoms with Crippen molar-refractivity contribution in [2.24, 2.45) is 0 Å². The molecule has 3 aromatic rings. The van der Waals surface area contributed by atoms with Gasteiger partial charge in [-0.25, -0.2) is 9.18 Å². The molecule has 138 valence electrons. The second-order valence-electron chi connectivity index (χ2n) is 5.97. The van der Waals surface area contributed by atoms with Crippen LogP contribution in [-0.2, 0) is 11.3 Å². The SMILES string of the molecule is CCOC(=O)c1cn(CC)c2cc(-c3ccc(C=O)cc3)c(F)cc2c1=O. The number of fused-ring (bicyclic) bond motifs is 1. The van der Waals surface area contributed by atoms with Gasteiger partial charge in [0.1, 0.15) is 17.7 Å². The predicted molar refractivity (Wildman–Crippen MR) is 101 cm³/mol. The highest BCUT2D eigenvalue weighted by atomic mass is 19.1. The van der Waals surface area contributed by atoms with Crippen LogP contribution in [0.5, 0.6) is 0 Å². The summed E-state index contributed by atoms with van der Waals surface area (Å²) >= 11 is 0. The van der Waals surface area contributed by atoms with Crippen LogP contribution >= 0.6 is 0 Å². The molecule has 6 heteroatoms. The average molecular weight is 367 g/mol. The molecule has 1 heterocycles. The lowest BCUT2D eigenvalue weighted by molar-refractivity contribution is 0.0524. The summed E-state index contributed by atoms with van der Waals surface area (Å²) in [5, 5.41) is 0.119. The number of nitrogens with zero attached hydrogens (tertiary/aromatic N) is 1. The zero-order chi connectivity index (χ0) is 19.6. The summed E-state index contributed by atoms with van der Waals surface area (Å²) in [6.07, 6.45) is 2.16. The van der Waals surface area contributed by atoms with Crippen molar-refractivity contribution in [2.75, 3.05) is 6.61 Å². The van der Waals surface area contributed by atoms with Gasteiger partial charge in [-0.2, -0.15) is 0 Å². The van der Waals surface area contributed by atoms with E-state index >= 15 is 0 Å². The maximum absolute atomic E-state index is 14.8. The van der Waals surface area contributed by atoms with Gasteiger partial charge >= 0.3 is 5.97 Å². The summed E-state index contributed by atoms with van der Waals surface area (Å²) in [4.78, 5) is 35.5. The fourth-order valence-electron chi connectivity index (χ4n) is 2.99. The first-order chi connectivity index (χ1) is 13.0. The zero-order valence-electron chi connectivity index (χ0n) is 15.0. The number of hydrogen-bond acceptors (Lipinski definition) is 4. The number of esters is 1. The first-order valence-corrected chi connectivity index (χ1v) is 8.59. The summed E-state index contributed by atoms with van der Waals surface area (Å²) in [6, 6.07) is 9.23. The molecule has 0 radical (unpaired) electrons. The Morgan fingerprint density at radius 2 is 1.89 bits per heavy atom. The van der Waals surface area contributed by atoms with Crippen molar-refractivity contribution in [3.8, 4) is 11.1 Å². The van der Waals surface area contributed by atoms with E-state index in [0.717, 1.165) is 6.07 Å². The van der Waals surface area contributed by atoms with Crippen LogP contribution in [-0.4, -0.2) is 23.4 Å². The van der Waals surface area contributed by atoms with Crippen LogP contribution in [0.3, 0.4) is 0 Å². The molecule has 27 heavy (non-hydrogen) atoms. The molecule has 0 aliphatic rings. The maximum atomic E-state index is 14.8. The molecule has 0 aliphatic carbocycles. The number of halogens is 1. The number of aryl methyl sites for hydroxylation is 1. The maximum Gasteiger partial charge on any atom is 0.343 e. The third kappa shape index (κ3) is 3.38. The van der Waals surface area contributed by atoms with E-state index in [2.05, 4.69) is 0 Å². The topological polar surface area (TPSA) is 65.4 Å². The molecule has 3 rings (SSSR count). The number of aromatic nitrogens is 1. The Balaban J connectivity index is 2.25. The zero-order valence-corrected chi connectivity index (χ0v) is 15.0. The molecule has 0 saturated carbocycles. The standard InChI is InChI=1S/C21H18FNO4/c1-3-23-11-17(21(26)27-4-2)20(25)16-9-18(22)15(10-19(16)23)14-7-5-13(12-24)6-8-14/h5-12H,3-4H2,1-2H3. The largest absolute Gasteiger partial charge is 0.462 e. The minimum Gasteiger partial charge on any atom is -0.462 e. The van der Waals surface area contributed by atoms with Crippen LogP contribution in [0.1, 0.15) is 34.6 Å². The summed E-state index contributed by atoms with van der Waals surface area (Å²) in [6.45, 7) is 4.14. The lowest BCUT2D eigenvalue weighted by Gasteiger charge is -2.13. The lowest BCUT2D eigenvalue weighted by Crippen LogP contribution is -2.21. The second kappa shape index (κ2) is 7.53. The first kappa shape index (κ1) is 18.5. The van der Waals surface area contributed by atoms with Gasteiger partial charge in [0.2, 0.25) is 5.43 Å². The van der Waals surface area contributed by atoms with E-state index in [1.807, 2.05) is 6.92 Å². The van der Waals surface area contributed by atoms with Crippen molar-refractivity contribution in [1.82, 2.24) is 4.57 Å². The fraction of sp³-hybridized carbons (Fsp3) is 0.190. The molecule has 0 fully saturated rings. The molecule has 0 spiro atoms. The Hall–Kier alpha value is -3.28. The number of benzene rings is 2. The molecule has 5 nitrogen and oxygen atoms in total. The van der Waals surface area contributed by atoms with Crippen molar-refractivity contribution in [2.45, 2.75) is 20.4 Å². The Morgan fingerprint density at radius 3 is 2.48 bits per heavy atom. The minimum absolute atomic E-state index is 0.117. The molecule has 0 N–H and O–H groups in total. The van der Waals surface area contributed by atoms with E-state index in [0.29, 0.717) is 35.0 Å². The number of pyridine rings is 1. The van der Waals surface area contributed by atoms with Gasteiger partial charge in [-0.3, -0.25) is 9.59 Å². The van der Waals surface area contributed by atoms with Crippen LogP contribution in [0.4, 0.5) is 4.39 Å². The van der Waals surface area contributed by atoms with Gasteiger partial charge < -0.3 is 9.30 Å². The van der Waals surface area contributed by atoms with Gasteiger partial charge in [0.25, 0.3) is 0 Å². The molecule has 0 saturated heterocycles. The molecule has 1 aromatic heterocycles. The van der Waals surface area contributed by atoms with Crippen molar-refractivity contribution in [1.29, 1.82) is 0 Å². The molecule has 0 atom stereocenters. The molecular formula is C21H18FNO4. The Morgan fingerprint density at radius 1 is 1.19 bits per heavy atom. The fourth-order valence-corrected chi connectivity index (χ4v) is 2.99. The van der Waals surface area contributed by atoms with Crippen molar-refractivity contribution in [3.63, 3.8) is 0 Å². The van der Waals surface area contributed by atoms with E-state index in [9.17, 15) is 18.8 Å².